The predicted molar refractivity (Wildman–Crippen MR) is 178 cm³/mol. The Labute approximate surface area is 265 Å². The van der Waals surface area contributed by atoms with Gasteiger partial charge in [0.2, 0.25) is 5.88 Å². The van der Waals surface area contributed by atoms with Gasteiger partial charge in [0.15, 0.2) is 11.5 Å². The topological polar surface area (TPSA) is 81.7 Å². The molecule has 0 spiro atoms. The molecule has 5 rings (SSSR count). The highest BCUT2D eigenvalue weighted by molar-refractivity contribution is 5.90. The highest BCUT2D eigenvalue weighted by atomic mass is 16.5. The molecule has 0 fully saturated rings. The molecule has 5 aromatic rings. The van der Waals surface area contributed by atoms with Crippen LogP contribution in [0.3, 0.4) is 0 Å². The Hall–Kier alpha value is -5.30. The molecule has 4 aromatic carbocycles. The van der Waals surface area contributed by atoms with Crippen molar-refractivity contribution >= 4 is 11.7 Å². The zero-order valence-electron chi connectivity index (χ0n) is 26.0. The molecule has 7 nitrogen and oxygen atoms in total. The lowest BCUT2D eigenvalue weighted by atomic mass is 9.86. The van der Waals surface area contributed by atoms with Gasteiger partial charge in [-0.15, -0.1) is 0 Å². The summed E-state index contributed by atoms with van der Waals surface area (Å²) in [6.07, 6.45) is 2.24. The Morgan fingerprint density at radius 1 is 0.689 bits per heavy atom. The highest BCUT2D eigenvalue weighted by Gasteiger charge is 2.20. The van der Waals surface area contributed by atoms with Crippen molar-refractivity contribution in [2.75, 3.05) is 11.9 Å². The van der Waals surface area contributed by atoms with Gasteiger partial charge in [0.25, 0.3) is 0 Å². The number of carbonyl (C=O) groups excluding carboxylic acids is 1. The number of ether oxygens (including phenoxy) is 3. The van der Waals surface area contributed by atoms with E-state index in [0.717, 1.165) is 22.3 Å². The second kappa shape index (κ2) is 14.9. The van der Waals surface area contributed by atoms with Crippen LogP contribution >= 0.6 is 0 Å². The molecule has 0 aliphatic rings. The number of nitrogens with zero attached hydrogens (tertiary/aromatic N) is 1. The Kier molecular flexibility index (Phi) is 10.3. The number of benzene rings is 4. The summed E-state index contributed by atoms with van der Waals surface area (Å²) in [7, 11) is 0. The van der Waals surface area contributed by atoms with Crippen LogP contribution in [0.5, 0.6) is 23.1 Å². The number of para-hydroxylation sites is 1. The minimum atomic E-state index is -0.347. The Bertz CT molecular complexity index is 1690. The summed E-state index contributed by atoms with van der Waals surface area (Å²) in [6.45, 7) is 7.66. The van der Waals surface area contributed by atoms with Crippen LogP contribution in [0.2, 0.25) is 0 Å². The number of pyridine rings is 1. The molecule has 1 aromatic heterocycles. The van der Waals surface area contributed by atoms with Crippen LogP contribution in [-0.4, -0.2) is 17.6 Å². The zero-order valence-corrected chi connectivity index (χ0v) is 26.0. The molecule has 7 heteroatoms. The summed E-state index contributed by atoms with van der Waals surface area (Å²) in [5, 5.41) is 5.82. The molecule has 0 bridgehead atoms. The number of amides is 2. The Morgan fingerprint density at radius 3 is 2.02 bits per heavy atom. The van der Waals surface area contributed by atoms with Crippen LogP contribution in [0.25, 0.3) is 0 Å². The molecule has 0 unspecified atom stereocenters. The number of hydrogen-bond donors (Lipinski definition) is 2. The van der Waals surface area contributed by atoms with E-state index < -0.39 is 0 Å². The summed E-state index contributed by atoms with van der Waals surface area (Å²) < 4.78 is 18.5. The van der Waals surface area contributed by atoms with E-state index >= 15 is 0 Å². The van der Waals surface area contributed by atoms with E-state index in [1.807, 2.05) is 103 Å². The maximum absolute atomic E-state index is 12.9. The van der Waals surface area contributed by atoms with E-state index in [1.54, 1.807) is 18.3 Å². The van der Waals surface area contributed by atoms with Gasteiger partial charge in [-0.05, 0) is 58.9 Å². The fourth-order valence-corrected chi connectivity index (χ4v) is 4.74. The molecule has 2 amide bonds. The van der Waals surface area contributed by atoms with Crippen molar-refractivity contribution in [1.29, 1.82) is 0 Å². The van der Waals surface area contributed by atoms with E-state index in [9.17, 15) is 4.79 Å². The minimum Gasteiger partial charge on any atom is -0.485 e. The van der Waals surface area contributed by atoms with Gasteiger partial charge >= 0.3 is 6.03 Å². The fraction of sp³-hybridized carbons (Fsp3) is 0.211. The van der Waals surface area contributed by atoms with Gasteiger partial charge < -0.3 is 24.8 Å². The molecule has 1 heterocycles. The lowest BCUT2D eigenvalue weighted by molar-refractivity contribution is 0.252. The summed E-state index contributed by atoms with van der Waals surface area (Å²) in [6, 6.07) is 37.0. The van der Waals surface area contributed by atoms with Crippen molar-refractivity contribution in [2.24, 2.45) is 0 Å². The van der Waals surface area contributed by atoms with E-state index in [-0.39, 0.29) is 11.4 Å². The minimum absolute atomic E-state index is 0.116. The van der Waals surface area contributed by atoms with E-state index in [2.05, 4.69) is 36.4 Å². The van der Waals surface area contributed by atoms with Gasteiger partial charge in [0, 0.05) is 18.3 Å². The van der Waals surface area contributed by atoms with E-state index in [1.165, 1.54) is 0 Å². The number of urea groups is 1. The van der Waals surface area contributed by atoms with Crippen LogP contribution in [0.15, 0.2) is 121 Å². The van der Waals surface area contributed by atoms with Crippen LogP contribution in [-0.2, 0) is 25.0 Å². The number of hydrogen-bond acceptors (Lipinski definition) is 5. The van der Waals surface area contributed by atoms with Crippen molar-refractivity contribution in [2.45, 2.75) is 45.8 Å². The third kappa shape index (κ3) is 9.10. The predicted octanol–water partition coefficient (Wildman–Crippen LogP) is 8.69. The number of aromatic nitrogens is 1. The quantitative estimate of drug-likeness (QED) is 0.150. The van der Waals surface area contributed by atoms with Crippen molar-refractivity contribution in [3.05, 3.63) is 144 Å². The largest absolute Gasteiger partial charge is 0.485 e. The van der Waals surface area contributed by atoms with Crippen molar-refractivity contribution in [3.63, 3.8) is 0 Å². The average Bonchev–Trinajstić information content (AvgIpc) is 3.05. The van der Waals surface area contributed by atoms with Gasteiger partial charge in [-0.2, -0.15) is 0 Å². The lowest BCUT2D eigenvalue weighted by Crippen LogP contribution is -2.30. The van der Waals surface area contributed by atoms with Crippen LogP contribution < -0.4 is 24.8 Å². The monoisotopic (exact) mass is 601 g/mol. The first-order valence-corrected chi connectivity index (χ1v) is 15.1. The number of nitrogens with one attached hydrogen (secondary N) is 2. The van der Waals surface area contributed by atoms with Crippen LogP contribution in [0.4, 0.5) is 10.5 Å². The van der Waals surface area contributed by atoms with E-state index in [4.69, 9.17) is 14.2 Å². The van der Waals surface area contributed by atoms with Crippen molar-refractivity contribution < 1.29 is 19.0 Å². The first-order valence-electron chi connectivity index (χ1n) is 15.1. The molecule has 45 heavy (non-hydrogen) atoms. The number of anilines is 1. The number of rotatable bonds is 12. The maximum Gasteiger partial charge on any atom is 0.319 e. The molecule has 0 saturated carbocycles. The summed E-state index contributed by atoms with van der Waals surface area (Å²) in [5.74, 6) is 2.36. The molecule has 0 aliphatic heterocycles. The van der Waals surface area contributed by atoms with Gasteiger partial charge in [-0.1, -0.05) is 106 Å². The number of carbonyl (C=O) groups is 1. The second-order valence-corrected chi connectivity index (χ2v) is 11.7. The SMILES string of the molecule is CC(C)(C)c1ccccc1Oc1ncccc1NC(=O)NCCc1ccc(OCc2ccccc2)c(OCc2ccccc2)c1. The molecule has 0 atom stereocenters. The third-order valence-electron chi connectivity index (χ3n) is 7.10. The Balaban J connectivity index is 1.21. The smallest absolute Gasteiger partial charge is 0.319 e. The molecular weight excluding hydrogens is 562 g/mol. The second-order valence-electron chi connectivity index (χ2n) is 11.7. The lowest BCUT2D eigenvalue weighted by Gasteiger charge is -2.22. The maximum atomic E-state index is 12.9. The summed E-state index contributed by atoms with van der Waals surface area (Å²) in [4.78, 5) is 17.3. The van der Waals surface area contributed by atoms with Gasteiger partial charge in [-0.25, -0.2) is 9.78 Å². The molecule has 230 valence electrons. The molecule has 0 aliphatic carbocycles. The first kappa shape index (κ1) is 31.1. The molecule has 2 N–H and O–H groups in total. The summed E-state index contributed by atoms with van der Waals surface area (Å²) in [5.41, 5.74) is 4.57. The third-order valence-corrected chi connectivity index (χ3v) is 7.10. The highest BCUT2D eigenvalue weighted by Crippen LogP contribution is 2.35. The van der Waals surface area contributed by atoms with Crippen molar-refractivity contribution in [3.8, 4) is 23.1 Å². The Morgan fingerprint density at radius 2 is 1.33 bits per heavy atom. The van der Waals surface area contributed by atoms with Crippen molar-refractivity contribution in [1.82, 2.24) is 10.3 Å². The molecule has 0 saturated heterocycles. The normalized spacial score (nSPS) is 11.0. The first-order chi connectivity index (χ1) is 21.8. The van der Waals surface area contributed by atoms with E-state index in [0.29, 0.717) is 55.0 Å². The van der Waals surface area contributed by atoms with Crippen LogP contribution in [0, 0.1) is 0 Å². The summed E-state index contributed by atoms with van der Waals surface area (Å²) >= 11 is 0. The van der Waals surface area contributed by atoms with Crippen LogP contribution in [0.1, 0.15) is 43.0 Å². The average molecular weight is 602 g/mol. The zero-order chi connectivity index (χ0) is 31.5. The molecular formula is C38H39N3O4. The van der Waals surface area contributed by atoms with Gasteiger partial charge in [0.05, 0.1) is 0 Å². The van der Waals surface area contributed by atoms with Gasteiger partial charge in [-0.3, -0.25) is 0 Å². The van der Waals surface area contributed by atoms with Gasteiger partial charge in [0.1, 0.15) is 24.7 Å². The fourth-order valence-electron chi connectivity index (χ4n) is 4.74. The standard InChI is InChI=1S/C38H39N3O4/c1-38(2,3)31-17-10-11-19-33(31)45-36-32(18-12-23-39-36)41-37(42)40-24-22-28-20-21-34(43-26-29-13-6-4-7-14-29)35(25-28)44-27-30-15-8-5-9-16-30/h4-21,23,25H,22,24,26-27H2,1-3H3,(H2,40,41,42). The molecule has 0 radical (unpaired) electrons.